The van der Waals surface area contributed by atoms with E-state index < -0.39 is 0 Å². The van der Waals surface area contributed by atoms with Gasteiger partial charge in [0.15, 0.2) is 0 Å². The summed E-state index contributed by atoms with van der Waals surface area (Å²) in [6.45, 7) is 9.57. The number of aliphatic hydroxyl groups excluding tert-OH is 1. The predicted octanol–water partition coefficient (Wildman–Crippen LogP) is 0.311. The van der Waals surface area contributed by atoms with Crippen LogP contribution in [0.4, 0.5) is 0 Å². The average Bonchev–Trinajstić information content (AvgIpc) is 2.18. The van der Waals surface area contributed by atoms with Crippen molar-refractivity contribution < 1.29 is 9.90 Å². The molecule has 0 unspecified atom stereocenters. The number of carbonyl (C=O) groups excluding carboxylic acids is 1. The second-order valence-electron chi connectivity index (χ2n) is 4.78. The maximum Gasteiger partial charge on any atom is 0.219 e. The zero-order valence-electron chi connectivity index (χ0n) is 9.99. The molecule has 1 fully saturated rings. The Morgan fingerprint density at radius 3 is 2.20 bits per heavy atom. The van der Waals surface area contributed by atoms with Crippen molar-refractivity contribution in [3.8, 4) is 0 Å². The van der Waals surface area contributed by atoms with E-state index in [9.17, 15) is 4.79 Å². The van der Waals surface area contributed by atoms with Gasteiger partial charge >= 0.3 is 0 Å². The van der Waals surface area contributed by atoms with Crippen molar-refractivity contribution in [2.45, 2.75) is 32.7 Å². The van der Waals surface area contributed by atoms with Gasteiger partial charge in [0.25, 0.3) is 0 Å². The van der Waals surface area contributed by atoms with Crippen LogP contribution in [0.3, 0.4) is 0 Å². The lowest BCUT2D eigenvalue weighted by Crippen LogP contribution is -2.55. The van der Waals surface area contributed by atoms with Gasteiger partial charge in [-0.2, -0.15) is 0 Å². The van der Waals surface area contributed by atoms with Crippen LogP contribution in [-0.4, -0.2) is 59.1 Å². The Bertz CT molecular complexity index is 221. The van der Waals surface area contributed by atoms with Gasteiger partial charge in [0, 0.05) is 45.2 Å². The molecular formula is C11H22N2O2. The van der Waals surface area contributed by atoms with Crippen LogP contribution >= 0.6 is 0 Å². The molecule has 0 atom stereocenters. The predicted molar refractivity (Wildman–Crippen MR) is 59.6 cm³/mol. The first-order valence-corrected chi connectivity index (χ1v) is 5.59. The third-order valence-electron chi connectivity index (χ3n) is 3.30. The fourth-order valence-corrected chi connectivity index (χ4v) is 2.06. The van der Waals surface area contributed by atoms with Crippen LogP contribution in [-0.2, 0) is 4.79 Å². The topological polar surface area (TPSA) is 43.8 Å². The second-order valence-corrected chi connectivity index (χ2v) is 4.78. The maximum absolute atomic E-state index is 11.1. The maximum atomic E-state index is 11.1. The molecule has 88 valence electrons. The smallest absolute Gasteiger partial charge is 0.219 e. The molecule has 4 nitrogen and oxygen atoms in total. The highest BCUT2D eigenvalue weighted by atomic mass is 16.3. The van der Waals surface area contributed by atoms with E-state index in [0.717, 1.165) is 32.6 Å². The summed E-state index contributed by atoms with van der Waals surface area (Å²) in [6, 6.07) is 0. The Morgan fingerprint density at radius 1 is 1.27 bits per heavy atom. The van der Waals surface area contributed by atoms with Gasteiger partial charge in [0.1, 0.15) is 0 Å². The van der Waals surface area contributed by atoms with E-state index >= 15 is 0 Å². The van der Waals surface area contributed by atoms with Crippen LogP contribution in [0.15, 0.2) is 0 Å². The van der Waals surface area contributed by atoms with E-state index in [0.29, 0.717) is 0 Å². The van der Waals surface area contributed by atoms with Gasteiger partial charge in [-0.15, -0.1) is 0 Å². The minimum Gasteiger partial charge on any atom is -0.396 e. The molecule has 0 aromatic rings. The van der Waals surface area contributed by atoms with Gasteiger partial charge in [0.2, 0.25) is 5.91 Å². The number of hydrogen-bond donors (Lipinski definition) is 1. The Morgan fingerprint density at radius 2 is 1.80 bits per heavy atom. The lowest BCUT2D eigenvalue weighted by atomic mass is 9.97. The summed E-state index contributed by atoms with van der Waals surface area (Å²) in [4.78, 5) is 15.4. The summed E-state index contributed by atoms with van der Waals surface area (Å²) in [6.07, 6.45) is 0.785. The number of piperazine rings is 1. The van der Waals surface area contributed by atoms with Gasteiger partial charge in [-0.25, -0.2) is 0 Å². The first kappa shape index (κ1) is 12.5. The fraction of sp³-hybridized carbons (Fsp3) is 0.909. The molecule has 0 bridgehead atoms. The van der Waals surface area contributed by atoms with E-state index in [4.69, 9.17) is 5.11 Å². The first-order valence-electron chi connectivity index (χ1n) is 5.59. The highest BCUT2D eigenvalue weighted by Crippen LogP contribution is 2.20. The molecule has 15 heavy (non-hydrogen) atoms. The lowest BCUT2D eigenvalue weighted by molar-refractivity contribution is -0.131. The second kappa shape index (κ2) is 4.94. The van der Waals surface area contributed by atoms with Crippen molar-refractivity contribution in [2.24, 2.45) is 0 Å². The van der Waals surface area contributed by atoms with Crippen molar-refractivity contribution >= 4 is 5.91 Å². The summed E-state index contributed by atoms with van der Waals surface area (Å²) in [5, 5.41) is 8.98. The largest absolute Gasteiger partial charge is 0.396 e. The molecule has 1 rings (SSSR count). The molecule has 4 heteroatoms. The van der Waals surface area contributed by atoms with E-state index in [1.54, 1.807) is 6.92 Å². The molecular weight excluding hydrogens is 192 g/mol. The lowest BCUT2D eigenvalue weighted by Gasteiger charge is -2.43. The van der Waals surface area contributed by atoms with Crippen molar-refractivity contribution in [3.05, 3.63) is 0 Å². The highest BCUT2D eigenvalue weighted by Gasteiger charge is 2.29. The van der Waals surface area contributed by atoms with Crippen molar-refractivity contribution in [2.75, 3.05) is 32.8 Å². The minimum absolute atomic E-state index is 0.0393. The molecule has 1 aliphatic heterocycles. The molecule has 0 saturated carbocycles. The molecule has 1 amide bonds. The van der Waals surface area contributed by atoms with Crippen LogP contribution in [0.25, 0.3) is 0 Å². The molecule has 1 saturated heterocycles. The van der Waals surface area contributed by atoms with Crippen LogP contribution in [0, 0.1) is 0 Å². The average molecular weight is 214 g/mol. The van der Waals surface area contributed by atoms with E-state index in [1.165, 1.54) is 0 Å². The van der Waals surface area contributed by atoms with Gasteiger partial charge < -0.3 is 10.0 Å². The standard InChI is InChI=1S/C11H22N2O2/c1-10(15)12-5-7-13(8-6-12)11(2,3)4-9-14/h14H,4-9H2,1-3H3. The van der Waals surface area contributed by atoms with Gasteiger partial charge in [-0.3, -0.25) is 9.69 Å². The van der Waals surface area contributed by atoms with Crippen molar-refractivity contribution in [3.63, 3.8) is 0 Å². The number of amides is 1. The van der Waals surface area contributed by atoms with Crippen LogP contribution in [0.2, 0.25) is 0 Å². The third kappa shape index (κ3) is 3.18. The van der Waals surface area contributed by atoms with E-state index in [2.05, 4.69) is 18.7 Å². The van der Waals surface area contributed by atoms with E-state index in [-0.39, 0.29) is 18.1 Å². The number of hydrogen-bond acceptors (Lipinski definition) is 3. The summed E-state index contributed by atoms with van der Waals surface area (Å²) in [7, 11) is 0. The summed E-state index contributed by atoms with van der Waals surface area (Å²) in [5.41, 5.74) is 0.0393. The van der Waals surface area contributed by atoms with Gasteiger partial charge in [-0.1, -0.05) is 0 Å². The molecule has 0 aliphatic carbocycles. The molecule has 0 radical (unpaired) electrons. The normalized spacial score (nSPS) is 19.3. The quantitative estimate of drug-likeness (QED) is 0.735. The fourth-order valence-electron chi connectivity index (χ4n) is 2.06. The monoisotopic (exact) mass is 214 g/mol. The Hall–Kier alpha value is -0.610. The van der Waals surface area contributed by atoms with E-state index in [1.807, 2.05) is 4.90 Å². The number of aliphatic hydroxyl groups is 1. The molecule has 0 aromatic heterocycles. The third-order valence-corrected chi connectivity index (χ3v) is 3.30. The van der Waals surface area contributed by atoms with Crippen LogP contribution in [0.1, 0.15) is 27.2 Å². The Balaban J connectivity index is 2.46. The molecule has 0 spiro atoms. The summed E-state index contributed by atoms with van der Waals surface area (Å²) in [5.74, 6) is 0.162. The summed E-state index contributed by atoms with van der Waals surface area (Å²) >= 11 is 0. The minimum atomic E-state index is 0.0393. The zero-order chi connectivity index (χ0) is 11.5. The summed E-state index contributed by atoms with van der Waals surface area (Å²) < 4.78 is 0. The number of carbonyl (C=O) groups is 1. The van der Waals surface area contributed by atoms with Crippen molar-refractivity contribution in [1.82, 2.24) is 9.80 Å². The Labute approximate surface area is 91.9 Å². The number of rotatable bonds is 3. The highest BCUT2D eigenvalue weighted by molar-refractivity contribution is 5.73. The molecule has 1 heterocycles. The molecule has 1 aliphatic rings. The van der Waals surface area contributed by atoms with Crippen LogP contribution < -0.4 is 0 Å². The van der Waals surface area contributed by atoms with Gasteiger partial charge in [0.05, 0.1) is 0 Å². The zero-order valence-corrected chi connectivity index (χ0v) is 9.99. The first-order chi connectivity index (χ1) is 6.97. The van der Waals surface area contributed by atoms with Gasteiger partial charge in [-0.05, 0) is 20.3 Å². The molecule has 0 aromatic carbocycles. The molecule has 1 N–H and O–H groups in total. The Kier molecular flexibility index (Phi) is 4.11. The number of nitrogens with zero attached hydrogens (tertiary/aromatic N) is 2. The van der Waals surface area contributed by atoms with Crippen molar-refractivity contribution in [1.29, 1.82) is 0 Å². The van der Waals surface area contributed by atoms with Crippen LogP contribution in [0.5, 0.6) is 0 Å². The SMILES string of the molecule is CC(=O)N1CCN(C(C)(C)CCO)CC1.